The van der Waals surface area contributed by atoms with Crippen LogP contribution in [-0.4, -0.2) is 29.5 Å². The molecule has 3 rings (SSSR count). The molecule has 7 heteroatoms. The summed E-state index contributed by atoms with van der Waals surface area (Å²) in [5.74, 6) is -0.252. The summed E-state index contributed by atoms with van der Waals surface area (Å²) in [5.41, 5.74) is 2.14. The first-order chi connectivity index (χ1) is 10.6. The molecule has 2 heterocycles. The van der Waals surface area contributed by atoms with Crippen LogP contribution in [0.4, 0.5) is 9.93 Å². The second-order valence-corrected chi connectivity index (χ2v) is 6.28. The Hall–Kier alpha value is -2.41. The number of carbonyl (C=O) groups is 2. The summed E-state index contributed by atoms with van der Waals surface area (Å²) >= 11 is 1.45. The third kappa shape index (κ3) is 3.25. The first-order valence-corrected chi connectivity index (χ1v) is 7.79. The van der Waals surface area contributed by atoms with Crippen LogP contribution in [0, 0.1) is 6.92 Å². The second kappa shape index (κ2) is 6.15. The maximum absolute atomic E-state index is 12.0. The molecule has 1 aliphatic heterocycles. The molecule has 1 aliphatic rings. The quantitative estimate of drug-likeness (QED) is 0.802. The van der Waals surface area contributed by atoms with Crippen molar-refractivity contribution in [3.63, 3.8) is 0 Å². The van der Waals surface area contributed by atoms with Crippen LogP contribution in [0.2, 0.25) is 0 Å². The molecule has 1 atom stereocenters. The molecule has 3 amide bonds. The number of urea groups is 1. The molecule has 2 aromatic rings. The van der Waals surface area contributed by atoms with E-state index in [0.29, 0.717) is 11.7 Å². The number of hydrogen-bond acceptors (Lipinski definition) is 4. The Morgan fingerprint density at radius 1 is 1.41 bits per heavy atom. The van der Waals surface area contributed by atoms with Gasteiger partial charge in [0.15, 0.2) is 5.13 Å². The largest absolute Gasteiger partial charge is 0.336 e. The number of benzene rings is 1. The number of rotatable bonds is 4. The van der Waals surface area contributed by atoms with Gasteiger partial charge in [-0.15, -0.1) is 11.3 Å². The Bertz CT molecular complexity index is 699. The fourth-order valence-corrected chi connectivity index (χ4v) is 3.07. The maximum atomic E-state index is 12.0. The van der Waals surface area contributed by atoms with Gasteiger partial charge in [-0.1, -0.05) is 30.3 Å². The van der Waals surface area contributed by atoms with Crippen LogP contribution < -0.4 is 16.0 Å². The summed E-state index contributed by atoms with van der Waals surface area (Å²) in [6.45, 7) is 2.29. The van der Waals surface area contributed by atoms with E-state index in [9.17, 15) is 9.59 Å². The van der Waals surface area contributed by atoms with Crippen molar-refractivity contribution in [2.45, 2.75) is 19.4 Å². The zero-order valence-corrected chi connectivity index (χ0v) is 12.9. The highest BCUT2D eigenvalue weighted by Crippen LogP contribution is 2.24. The van der Waals surface area contributed by atoms with Crippen molar-refractivity contribution in [1.82, 2.24) is 15.6 Å². The molecular formula is C15H16N4O2S. The van der Waals surface area contributed by atoms with E-state index in [2.05, 4.69) is 33.1 Å². The van der Waals surface area contributed by atoms with Crippen molar-refractivity contribution in [2.75, 3.05) is 11.9 Å². The minimum atomic E-state index is -0.547. The lowest BCUT2D eigenvalue weighted by Gasteiger charge is -2.06. The third-order valence-corrected chi connectivity index (χ3v) is 4.35. The summed E-state index contributed by atoms with van der Waals surface area (Å²) in [6.07, 6.45) is 0.737. The molecular weight excluding hydrogens is 300 g/mol. The van der Waals surface area contributed by atoms with Gasteiger partial charge < -0.3 is 16.0 Å². The highest BCUT2D eigenvalue weighted by molar-refractivity contribution is 7.15. The van der Waals surface area contributed by atoms with E-state index in [0.717, 1.165) is 17.0 Å². The molecule has 0 saturated carbocycles. The van der Waals surface area contributed by atoms with Gasteiger partial charge in [0.25, 0.3) is 5.91 Å². The summed E-state index contributed by atoms with van der Waals surface area (Å²) in [5, 5.41) is 8.44. The van der Waals surface area contributed by atoms with Gasteiger partial charge in [0.05, 0.1) is 5.69 Å². The minimum absolute atomic E-state index is 0.252. The van der Waals surface area contributed by atoms with Gasteiger partial charge in [0.2, 0.25) is 0 Å². The van der Waals surface area contributed by atoms with E-state index < -0.39 is 6.04 Å². The Kier molecular flexibility index (Phi) is 4.06. The number of nitrogens with zero attached hydrogens (tertiary/aromatic N) is 1. The smallest absolute Gasteiger partial charge is 0.315 e. The zero-order chi connectivity index (χ0) is 15.5. The highest BCUT2D eigenvalue weighted by Gasteiger charge is 2.27. The van der Waals surface area contributed by atoms with E-state index in [1.807, 2.05) is 25.1 Å². The number of nitrogens with one attached hydrogen (secondary N) is 3. The van der Waals surface area contributed by atoms with Crippen LogP contribution in [0.25, 0.3) is 0 Å². The number of anilines is 1. The van der Waals surface area contributed by atoms with Gasteiger partial charge in [-0.25, -0.2) is 9.78 Å². The summed E-state index contributed by atoms with van der Waals surface area (Å²) in [6, 6.07) is 9.21. The number of amides is 3. The Labute approximate surface area is 132 Å². The summed E-state index contributed by atoms with van der Waals surface area (Å²) in [4.78, 5) is 28.7. The molecule has 3 N–H and O–H groups in total. The van der Waals surface area contributed by atoms with Crippen molar-refractivity contribution in [3.8, 4) is 0 Å². The summed E-state index contributed by atoms with van der Waals surface area (Å²) in [7, 11) is 0. The Morgan fingerprint density at radius 3 is 2.86 bits per heavy atom. The highest BCUT2D eigenvalue weighted by atomic mass is 32.1. The average Bonchev–Trinajstić information content (AvgIpc) is 3.07. The molecule has 1 fully saturated rings. The molecule has 6 nitrogen and oxygen atoms in total. The van der Waals surface area contributed by atoms with Crippen molar-refractivity contribution in [3.05, 3.63) is 46.5 Å². The topological polar surface area (TPSA) is 83.1 Å². The molecule has 0 aliphatic carbocycles. The van der Waals surface area contributed by atoms with Crippen molar-refractivity contribution in [1.29, 1.82) is 0 Å². The Morgan fingerprint density at radius 2 is 2.18 bits per heavy atom. The van der Waals surface area contributed by atoms with Gasteiger partial charge in [-0.3, -0.25) is 4.79 Å². The van der Waals surface area contributed by atoms with Gasteiger partial charge in [-0.05, 0) is 12.5 Å². The maximum Gasteiger partial charge on any atom is 0.315 e. The lowest BCUT2D eigenvalue weighted by Crippen LogP contribution is -2.38. The predicted octanol–water partition coefficient (Wildman–Crippen LogP) is 1.66. The molecule has 22 heavy (non-hydrogen) atoms. The van der Waals surface area contributed by atoms with Crippen molar-refractivity contribution < 1.29 is 9.59 Å². The molecule has 1 aromatic carbocycles. The van der Waals surface area contributed by atoms with E-state index in [-0.39, 0.29) is 11.9 Å². The fraction of sp³-hybridized carbons (Fsp3) is 0.267. The number of aromatic nitrogens is 1. The second-order valence-electron chi connectivity index (χ2n) is 5.08. The first-order valence-electron chi connectivity index (χ1n) is 6.97. The van der Waals surface area contributed by atoms with E-state index in [4.69, 9.17) is 0 Å². The fourth-order valence-electron chi connectivity index (χ4n) is 2.24. The number of thiazole rings is 1. The van der Waals surface area contributed by atoms with E-state index in [1.165, 1.54) is 16.9 Å². The zero-order valence-electron chi connectivity index (χ0n) is 12.1. The Balaban J connectivity index is 1.67. The number of aryl methyl sites for hydroxylation is 1. The van der Waals surface area contributed by atoms with Crippen LogP contribution in [0.5, 0.6) is 0 Å². The SMILES string of the molecule is Cc1sc(NC(=O)[C@@H]2CNC(=O)N2)nc1Cc1ccccc1. The van der Waals surface area contributed by atoms with E-state index >= 15 is 0 Å². The monoisotopic (exact) mass is 316 g/mol. The molecule has 1 saturated heterocycles. The third-order valence-electron chi connectivity index (χ3n) is 3.43. The molecule has 0 unspecified atom stereocenters. The lowest BCUT2D eigenvalue weighted by molar-refractivity contribution is -0.117. The van der Waals surface area contributed by atoms with Gasteiger partial charge in [-0.2, -0.15) is 0 Å². The molecule has 0 radical (unpaired) electrons. The van der Waals surface area contributed by atoms with Crippen molar-refractivity contribution in [2.24, 2.45) is 0 Å². The van der Waals surface area contributed by atoms with Crippen LogP contribution in [0.15, 0.2) is 30.3 Å². The standard InChI is InChI=1S/C15H16N4O2S/c1-9-11(7-10-5-3-2-4-6-10)18-15(22-9)19-13(20)12-8-16-14(21)17-12/h2-6,12H,7-8H2,1H3,(H2,16,17,21)(H,18,19,20)/t12-/m0/s1. The average molecular weight is 316 g/mol. The van der Waals surface area contributed by atoms with Gasteiger partial charge in [0, 0.05) is 17.8 Å². The van der Waals surface area contributed by atoms with Crippen LogP contribution in [0.3, 0.4) is 0 Å². The minimum Gasteiger partial charge on any atom is -0.336 e. The molecule has 0 spiro atoms. The summed E-state index contributed by atoms with van der Waals surface area (Å²) < 4.78 is 0. The van der Waals surface area contributed by atoms with Crippen LogP contribution >= 0.6 is 11.3 Å². The van der Waals surface area contributed by atoms with E-state index in [1.54, 1.807) is 0 Å². The number of carbonyl (C=O) groups excluding carboxylic acids is 2. The van der Waals surface area contributed by atoms with Gasteiger partial charge >= 0.3 is 6.03 Å². The molecule has 1 aromatic heterocycles. The normalized spacial score (nSPS) is 17.0. The molecule has 0 bridgehead atoms. The van der Waals surface area contributed by atoms with Crippen LogP contribution in [0.1, 0.15) is 16.1 Å². The van der Waals surface area contributed by atoms with Gasteiger partial charge in [0.1, 0.15) is 6.04 Å². The first kappa shape index (κ1) is 14.5. The molecule has 114 valence electrons. The predicted molar refractivity (Wildman–Crippen MR) is 85.1 cm³/mol. The van der Waals surface area contributed by atoms with Crippen LogP contribution in [-0.2, 0) is 11.2 Å². The number of hydrogen-bond donors (Lipinski definition) is 3. The van der Waals surface area contributed by atoms with Crippen molar-refractivity contribution >= 4 is 28.4 Å². The lowest BCUT2D eigenvalue weighted by atomic mass is 10.1.